The van der Waals surface area contributed by atoms with Gasteiger partial charge in [-0.25, -0.2) is 4.39 Å². The standard InChI is InChI=1S/C17H21FN2O/c1-4-8-19-17(21)16-12(2)9-13(3)20(16)11-14-6-5-7-15(18)10-14/h5-7,9-10H,4,8,11H2,1-3H3,(H,19,21). The number of hydrogen-bond acceptors (Lipinski definition) is 1. The Hall–Kier alpha value is -2.10. The number of aryl methyl sites for hydroxylation is 2. The van der Waals surface area contributed by atoms with E-state index < -0.39 is 0 Å². The van der Waals surface area contributed by atoms with Gasteiger partial charge in [-0.3, -0.25) is 4.79 Å². The molecule has 2 rings (SSSR count). The molecule has 1 aromatic heterocycles. The first-order chi connectivity index (χ1) is 10.0. The maximum atomic E-state index is 13.3. The predicted octanol–water partition coefficient (Wildman–Crippen LogP) is 3.43. The quantitative estimate of drug-likeness (QED) is 0.898. The van der Waals surface area contributed by atoms with Gasteiger partial charge in [-0.2, -0.15) is 0 Å². The minimum atomic E-state index is -0.258. The normalized spacial score (nSPS) is 10.7. The summed E-state index contributed by atoms with van der Waals surface area (Å²) < 4.78 is 15.3. The third kappa shape index (κ3) is 3.51. The Morgan fingerprint density at radius 3 is 2.71 bits per heavy atom. The summed E-state index contributed by atoms with van der Waals surface area (Å²) in [6.45, 7) is 7.05. The molecule has 0 aliphatic carbocycles. The summed E-state index contributed by atoms with van der Waals surface area (Å²) in [5, 5.41) is 2.91. The molecule has 4 heteroatoms. The van der Waals surface area contributed by atoms with Crippen LogP contribution in [0.25, 0.3) is 0 Å². The molecule has 0 aliphatic rings. The van der Waals surface area contributed by atoms with Crippen LogP contribution in [-0.4, -0.2) is 17.0 Å². The second kappa shape index (κ2) is 6.57. The molecule has 0 spiro atoms. The van der Waals surface area contributed by atoms with Gasteiger partial charge in [0.2, 0.25) is 0 Å². The molecule has 1 heterocycles. The van der Waals surface area contributed by atoms with Gasteiger partial charge >= 0.3 is 0 Å². The van der Waals surface area contributed by atoms with E-state index in [1.807, 2.05) is 37.5 Å². The number of rotatable bonds is 5. The Kier molecular flexibility index (Phi) is 4.78. The van der Waals surface area contributed by atoms with E-state index in [4.69, 9.17) is 0 Å². The Morgan fingerprint density at radius 2 is 2.05 bits per heavy atom. The molecule has 1 aromatic carbocycles. The molecule has 0 fully saturated rings. The van der Waals surface area contributed by atoms with Crippen molar-refractivity contribution in [3.8, 4) is 0 Å². The average Bonchev–Trinajstić information content (AvgIpc) is 2.71. The molecule has 2 aromatic rings. The number of carbonyl (C=O) groups is 1. The zero-order valence-corrected chi connectivity index (χ0v) is 12.7. The van der Waals surface area contributed by atoms with Gasteiger partial charge in [-0.15, -0.1) is 0 Å². The summed E-state index contributed by atoms with van der Waals surface area (Å²) in [6, 6.07) is 8.47. The van der Waals surface area contributed by atoms with Crippen LogP contribution in [-0.2, 0) is 6.54 Å². The van der Waals surface area contributed by atoms with Crippen LogP contribution in [0.2, 0.25) is 0 Å². The number of hydrogen-bond donors (Lipinski definition) is 1. The Morgan fingerprint density at radius 1 is 1.29 bits per heavy atom. The van der Waals surface area contributed by atoms with E-state index in [9.17, 15) is 9.18 Å². The summed E-state index contributed by atoms with van der Waals surface area (Å²) in [5.41, 5.74) is 3.44. The number of nitrogens with one attached hydrogen (secondary N) is 1. The lowest BCUT2D eigenvalue weighted by molar-refractivity contribution is 0.0944. The topological polar surface area (TPSA) is 34.0 Å². The molecule has 0 bridgehead atoms. The SMILES string of the molecule is CCCNC(=O)c1c(C)cc(C)n1Cc1cccc(F)c1. The van der Waals surface area contributed by atoms with Gasteiger partial charge in [-0.05, 0) is 49.6 Å². The van der Waals surface area contributed by atoms with E-state index in [1.54, 1.807) is 6.07 Å². The van der Waals surface area contributed by atoms with Crippen molar-refractivity contribution in [2.75, 3.05) is 6.54 Å². The van der Waals surface area contributed by atoms with E-state index in [-0.39, 0.29) is 11.7 Å². The van der Waals surface area contributed by atoms with Crippen molar-refractivity contribution in [1.29, 1.82) is 0 Å². The van der Waals surface area contributed by atoms with E-state index >= 15 is 0 Å². The smallest absolute Gasteiger partial charge is 0.268 e. The second-order valence-corrected chi connectivity index (χ2v) is 5.29. The van der Waals surface area contributed by atoms with Crippen molar-refractivity contribution in [2.45, 2.75) is 33.7 Å². The maximum absolute atomic E-state index is 13.3. The number of halogens is 1. The molecule has 0 saturated carbocycles. The lowest BCUT2D eigenvalue weighted by Gasteiger charge is -2.13. The summed E-state index contributed by atoms with van der Waals surface area (Å²) in [6.07, 6.45) is 0.897. The van der Waals surface area contributed by atoms with Crippen molar-refractivity contribution in [2.24, 2.45) is 0 Å². The van der Waals surface area contributed by atoms with Crippen LogP contribution in [0.3, 0.4) is 0 Å². The molecular formula is C17H21FN2O. The fraction of sp³-hybridized carbons (Fsp3) is 0.353. The van der Waals surface area contributed by atoms with Crippen LogP contribution in [0.1, 0.15) is 40.7 Å². The number of carbonyl (C=O) groups excluding carboxylic acids is 1. The molecule has 0 unspecified atom stereocenters. The minimum absolute atomic E-state index is 0.0705. The highest BCUT2D eigenvalue weighted by Crippen LogP contribution is 2.17. The fourth-order valence-corrected chi connectivity index (χ4v) is 2.49. The van der Waals surface area contributed by atoms with Crippen LogP contribution in [0.15, 0.2) is 30.3 Å². The van der Waals surface area contributed by atoms with Gasteiger partial charge in [0, 0.05) is 18.8 Å². The Balaban J connectivity index is 2.32. The maximum Gasteiger partial charge on any atom is 0.268 e. The van der Waals surface area contributed by atoms with E-state index in [0.29, 0.717) is 18.8 Å². The molecule has 3 nitrogen and oxygen atoms in total. The van der Waals surface area contributed by atoms with Crippen molar-refractivity contribution < 1.29 is 9.18 Å². The third-order valence-corrected chi connectivity index (χ3v) is 3.47. The minimum Gasteiger partial charge on any atom is -0.351 e. The molecule has 0 atom stereocenters. The highest BCUT2D eigenvalue weighted by atomic mass is 19.1. The van der Waals surface area contributed by atoms with Gasteiger partial charge in [0.1, 0.15) is 11.5 Å². The molecule has 21 heavy (non-hydrogen) atoms. The predicted molar refractivity (Wildman–Crippen MR) is 82.0 cm³/mol. The lowest BCUT2D eigenvalue weighted by Crippen LogP contribution is -2.27. The molecule has 0 aliphatic heterocycles. The summed E-state index contributed by atoms with van der Waals surface area (Å²) in [4.78, 5) is 12.3. The molecule has 1 N–H and O–H groups in total. The van der Waals surface area contributed by atoms with Crippen molar-refractivity contribution in [1.82, 2.24) is 9.88 Å². The number of amides is 1. The van der Waals surface area contributed by atoms with Crippen LogP contribution >= 0.6 is 0 Å². The highest BCUT2D eigenvalue weighted by Gasteiger charge is 2.17. The molecule has 112 valence electrons. The second-order valence-electron chi connectivity index (χ2n) is 5.29. The zero-order chi connectivity index (χ0) is 15.4. The monoisotopic (exact) mass is 288 g/mol. The first-order valence-electron chi connectivity index (χ1n) is 7.22. The first kappa shape index (κ1) is 15.3. The average molecular weight is 288 g/mol. The summed E-state index contributed by atoms with van der Waals surface area (Å²) in [7, 11) is 0. The largest absolute Gasteiger partial charge is 0.351 e. The molecule has 1 amide bonds. The zero-order valence-electron chi connectivity index (χ0n) is 12.7. The number of benzene rings is 1. The van der Waals surface area contributed by atoms with Crippen molar-refractivity contribution in [3.05, 3.63) is 58.7 Å². The van der Waals surface area contributed by atoms with E-state index in [2.05, 4.69) is 5.32 Å². The van der Waals surface area contributed by atoms with Gasteiger partial charge in [0.05, 0.1) is 0 Å². The van der Waals surface area contributed by atoms with Gasteiger partial charge < -0.3 is 9.88 Å². The van der Waals surface area contributed by atoms with E-state index in [1.165, 1.54) is 12.1 Å². The van der Waals surface area contributed by atoms with Crippen molar-refractivity contribution >= 4 is 5.91 Å². The third-order valence-electron chi connectivity index (χ3n) is 3.47. The number of aromatic nitrogens is 1. The van der Waals surface area contributed by atoms with Crippen LogP contribution in [0.5, 0.6) is 0 Å². The Labute approximate surface area is 124 Å². The molecular weight excluding hydrogens is 267 g/mol. The molecule has 0 radical (unpaired) electrons. The fourth-order valence-electron chi connectivity index (χ4n) is 2.49. The Bertz CT molecular complexity index is 646. The van der Waals surface area contributed by atoms with E-state index in [0.717, 1.165) is 23.2 Å². The van der Waals surface area contributed by atoms with Crippen LogP contribution in [0, 0.1) is 19.7 Å². The van der Waals surface area contributed by atoms with Gasteiger partial charge in [-0.1, -0.05) is 19.1 Å². The lowest BCUT2D eigenvalue weighted by atomic mass is 10.2. The summed E-state index contributed by atoms with van der Waals surface area (Å²) in [5.74, 6) is -0.329. The van der Waals surface area contributed by atoms with Crippen molar-refractivity contribution in [3.63, 3.8) is 0 Å². The van der Waals surface area contributed by atoms with Gasteiger partial charge in [0.15, 0.2) is 0 Å². The number of nitrogens with zero attached hydrogens (tertiary/aromatic N) is 1. The summed E-state index contributed by atoms with van der Waals surface area (Å²) >= 11 is 0. The van der Waals surface area contributed by atoms with Crippen LogP contribution in [0.4, 0.5) is 4.39 Å². The highest BCUT2D eigenvalue weighted by molar-refractivity contribution is 5.94. The van der Waals surface area contributed by atoms with Gasteiger partial charge in [0.25, 0.3) is 5.91 Å². The van der Waals surface area contributed by atoms with Crippen LogP contribution < -0.4 is 5.32 Å². The first-order valence-corrected chi connectivity index (χ1v) is 7.22. The molecule has 0 saturated heterocycles.